The van der Waals surface area contributed by atoms with Gasteiger partial charge < -0.3 is 10.7 Å². The number of hydrogen-bond acceptors (Lipinski definition) is 2. The van der Waals surface area contributed by atoms with Crippen molar-refractivity contribution in [3.05, 3.63) is 59.5 Å². The molecule has 2 aromatic carbocycles. The van der Waals surface area contributed by atoms with E-state index in [-0.39, 0.29) is 5.82 Å². The molecule has 1 heterocycles. The molecule has 3 aromatic rings. The lowest BCUT2D eigenvalue weighted by Crippen LogP contribution is -2.04. The SMILES string of the molecule is Cc1cccc2[nH]cc(Sc3ccc(F)cc3CCN)c12. The van der Waals surface area contributed by atoms with Crippen LogP contribution < -0.4 is 5.73 Å². The minimum absolute atomic E-state index is 0.210. The van der Waals surface area contributed by atoms with Gasteiger partial charge in [-0.15, -0.1) is 0 Å². The van der Waals surface area contributed by atoms with Gasteiger partial charge in [0.1, 0.15) is 5.82 Å². The van der Waals surface area contributed by atoms with Crippen LogP contribution in [-0.4, -0.2) is 11.5 Å². The summed E-state index contributed by atoms with van der Waals surface area (Å²) >= 11 is 1.66. The molecule has 0 bridgehead atoms. The van der Waals surface area contributed by atoms with E-state index in [9.17, 15) is 4.39 Å². The molecular formula is C17H17FN2S. The van der Waals surface area contributed by atoms with E-state index in [4.69, 9.17) is 5.73 Å². The Hall–Kier alpha value is -1.78. The first-order valence-corrected chi connectivity index (χ1v) is 7.73. The van der Waals surface area contributed by atoms with E-state index in [0.717, 1.165) is 20.9 Å². The predicted octanol–water partition coefficient (Wildman–Crippen LogP) is 4.27. The number of rotatable bonds is 4. The normalized spacial score (nSPS) is 11.2. The van der Waals surface area contributed by atoms with Gasteiger partial charge in [-0.3, -0.25) is 0 Å². The predicted molar refractivity (Wildman–Crippen MR) is 86.3 cm³/mol. The van der Waals surface area contributed by atoms with Crippen molar-refractivity contribution in [2.24, 2.45) is 5.73 Å². The highest BCUT2D eigenvalue weighted by Gasteiger charge is 2.11. The maximum absolute atomic E-state index is 13.4. The average Bonchev–Trinajstić information content (AvgIpc) is 2.87. The summed E-state index contributed by atoms with van der Waals surface area (Å²) in [6.07, 6.45) is 2.69. The van der Waals surface area contributed by atoms with Crippen LogP contribution >= 0.6 is 11.8 Å². The van der Waals surface area contributed by atoms with Gasteiger partial charge in [-0.2, -0.15) is 0 Å². The third kappa shape index (κ3) is 2.82. The molecule has 21 heavy (non-hydrogen) atoms. The molecule has 4 heteroatoms. The Morgan fingerprint density at radius 2 is 2.05 bits per heavy atom. The summed E-state index contributed by atoms with van der Waals surface area (Å²) in [6.45, 7) is 2.62. The summed E-state index contributed by atoms with van der Waals surface area (Å²) in [7, 11) is 0. The van der Waals surface area contributed by atoms with Crippen LogP contribution in [0.3, 0.4) is 0 Å². The van der Waals surface area contributed by atoms with Crippen molar-refractivity contribution in [1.29, 1.82) is 0 Å². The van der Waals surface area contributed by atoms with Crippen molar-refractivity contribution in [3.8, 4) is 0 Å². The largest absolute Gasteiger partial charge is 0.360 e. The van der Waals surface area contributed by atoms with E-state index in [1.54, 1.807) is 17.8 Å². The van der Waals surface area contributed by atoms with E-state index in [1.807, 2.05) is 18.3 Å². The monoisotopic (exact) mass is 300 g/mol. The van der Waals surface area contributed by atoms with Crippen LogP contribution in [0.5, 0.6) is 0 Å². The second kappa shape index (κ2) is 5.92. The molecule has 0 aliphatic heterocycles. The molecule has 3 rings (SSSR count). The molecule has 0 aliphatic carbocycles. The Kier molecular flexibility index (Phi) is 3.99. The Labute approximate surface area is 127 Å². The second-order valence-corrected chi connectivity index (χ2v) is 6.13. The van der Waals surface area contributed by atoms with E-state index in [1.165, 1.54) is 17.0 Å². The average molecular weight is 300 g/mol. The number of nitrogens with one attached hydrogen (secondary N) is 1. The van der Waals surface area contributed by atoms with Crippen LogP contribution in [0.25, 0.3) is 10.9 Å². The topological polar surface area (TPSA) is 41.8 Å². The van der Waals surface area contributed by atoms with Crippen molar-refractivity contribution in [2.75, 3.05) is 6.54 Å². The summed E-state index contributed by atoms with van der Waals surface area (Å²) < 4.78 is 13.4. The summed E-state index contributed by atoms with van der Waals surface area (Å²) in [5, 5.41) is 1.23. The van der Waals surface area contributed by atoms with Gasteiger partial charge in [-0.25, -0.2) is 4.39 Å². The Balaban J connectivity index is 2.03. The number of benzene rings is 2. The number of aromatic nitrogens is 1. The maximum Gasteiger partial charge on any atom is 0.123 e. The lowest BCUT2D eigenvalue weighted by Gasteiger charge is -2.08. The first-order chi connectivity index (χ1) is 10.2. The highest BCUT2D eigenvalue weighted by atomic mass is 32.2. The van der Waals surface area contributed by atoms with Crippen molar-refractivity contribution < 1.29 is 4.39 Å². The van der Waals surface area contributed by atoms with Crippen molar-refractivity contribution in [1.82, 2.24) is 4.98 Å². The van der Waals surface area contributed by atoms with Gasteiger partial charge in [0.2, 0.25) is 0 Å². The molecule has 2 nitrogen and oxygen atoms in total. The van der Waals surface area contributed by atoms with Gasteiger partial charge in [-0.1, -0.05) is 23.9 Å². The van der Waals surface area contributed by atoms with Crippen LogP contribution in [0.1, 0.15) is 11.1 Å². The van der Waals surface area contributed by atoms with Gasteiger partial charge in [0.05, 0.1) is 0 Å². The smallest absolute Gasteiger partial charge is 0.123 e. The maximum atomic E-state index is 13.4. The standard InChI is InChI=1S/C17H17FN2S/c1-11-3-2-4-14-17(11)16(10-20-14)21-15-6-5-13(18)9-12(15)7-8-19/h2-6,9-10,20H,7-8,19H2,1H3. The van der Waals surface area contributed by atoms with Gasteiger partial charge in [-0.05, 0) is 55.3 Å². The van der Waals surface area contributed by atoms with Gasteiger partial charge in [0.25, 0.3) is 0 Å². The molecule has 1 aromatic heterocycles. The first-order valence-electron chi connectivity index (χ1n) is 6.92. The first kappa shape index (κ1) is 14.2. The highest BCUT2D eigenvalue weighted by molar-refractivity contribution is 7.99. The molecule has 0 amide bonds. The van der Waals surface area contributed by atoms with Gasteiger partial charge in [0, 0.05) is 26.9 Å². The fourth-order valence-electron chi connectivity index (χ4n) is 2.53. The van der Waals surface area contributed by atoms with E-state index < -0.39 is 0 Å². The molecule has 0 spiro atoms. The fraction of sp³-hybridized carbons (Fsp3) is 0.176. The van der Waals surface area contributed by atoms with E-state index >= 15 is 0 Å². The summed E-state index contributed by atoms with van der Waals surface area (Å²) in [6, 6.07) is 11.1. The zero-order valence-corrected chi connectivity index (χ0v) is 12.6. The van der Waals surface area contributed by atoms with Crippen molar-refractivity contribution >= 4 is 22.7 Å². The molecule has 0 unspecified atom stereocenters. The minimum Gasteiger partial charge on any atom is -0.360 e. The van der Waals surface area contributed by atoms with Crippen LogP contribution in [0, 0.1) is 12.7 Å². The number of hydrogen-bond donors (Lipinski definition) is 2. The lowest BCUT2D eigenvalue weighted by molar-refractivity contribution is 0.623. The number of halogens is 1. The molecule has 108 valence electrons. The number of nitrogens with two attached hydrogens (primary N) is 1. The van der Waals surface area contributed by atoms with Gasteiger partial charge in [0.15, 0.2) is 0 Å². The van der Waals surface area contributed by atoms with Crippen LogP contribution in [0.2, 0.25) is 0 Å². The number of aryl methyl sites for hydroxylation is 1. The van der Waals surface area contributed by atoms with Crippen LogP contribution in [-0.2, 0) is 6.42 Å². The summed E-state index contributed by atoms with van der Waals surface area (Å²) in [5.41, 5.74) is 8.95. The summed E-state index contributed by atoms with van der Waals surface area (Å²) in [5.74, 6) is -0.210. The fourth-order valence-corrected chi connectivity index (χ4v) is 3.68. The minimum atomic E-state index is -0.210. The zero-order chi connectivity index (χ0) is 14.8. The molecule has 0 aliphatic rings. The van der Waals surface area contributed by atoms with E-state index in [0.29, 0.717) is 13.0 Å². The Morgan fingerprint density at radius 3 is 2.86 bits per heavy atom. The molecule has 0 atom stereocenters. The van der Waals surface area contributed by atoms with Gasteiger partial charge >= 0.3 is 0 Å². The molecular weight excluding hydrogens is 283 g/mol. The molecule has 0 radical (unpaired) electrons. The zero-order valence-electron chi connectivity index (χ0n) is 11.8. The third-order valence-corrected chi connectivity index (χ3v) is 4.69. The lowest BCUT2D eigenvalue weighted by atomic mass is 10.1. The number of aromatic amines is 1. The van der Waals surface area contributed by atoms with Crippen molar-refractivity contribution in [2.45, 2.75) is 23.1 Å². The Morgan fingerprint density at radius 1 is 1.19 bits per heavy atom. The molecule has 3 N–H and O–H groups in total. The third-order valence-electron chi connectivity index (χ3n) is 3.53. The highest BCUT2D eigenvalue weighted by Crippen LogP contribution is 2.37. The molecule has 0 saturated heterocycles. The number of H-pyrrole nitrogens is 1. The van der Waals surface area contributed by atoms with Crippen molar-refractivity contribution in [3.63, 3.8) is 0 Å². The molecule has 0 fully saturated rings. The van der Waals surface area contributed by atoms with E-state index in [2.05, 4.69) is 24.0 Å². The Bertz CT molecular complexity index is 780. The quantitative estimate of drug-likeness (QED) is 0.755. The summed E-state index contributed by atoms with van der Waals surface area (Å²) in [4.78, 5) is 5.51. The van der Waals surface area contributed by atoms with Crippen LogP contribution in [0.15, 0.2) is 52.4 Å². The molecule has 0 saturated carbocycles. The second-order valence-electron chi connectivity index (χ2n) is 5.04. The number of fused-ring (bicyclic) bond motifs is 1. The van der Waals surface area contributed by atoms with Crippen LogP contribution in [0.4, 0.5) is 4.39 Å².